The molecule has 0 saturated heterocycles. The fourth-order valence-corrected chi connectivity index (χ4v) is 3.03. The number of amides is 1. The standard InChI is InChI=1S/C15H12F3NO3S/c16-10-1-4-12(5-2-10)23(21,22)8-7-15(20)19-14-6-3-11(17)9-13(14)18/h1-6,9H,7-8H2,(H,19,20). The largest absolute Gasteiger partial charge is 0.324 e. The summed E-state index contributed by atoms with van der Waals surface area (Å²) in [7, 11) is -3.76. The van der Waals surface area contributed by atoms with Crippen LogP contribution in [0.2, 0.25) is 0 Å². The second-order valence-corrected chi connectivity index (χ2v) is 6.80. The van der Waals surface area contributed by atoms with Gasteiger partial charge in [-0.1, -0.05) is 0 Å². The summed E-state index contributed by atoms with van der Waals surface area (Å²) in [6.07, 6.45) is -0.420. The van der Waals surface area contributed by atoms with Gasteiger partial charge in [-0.2, -0.15) is 0 Å². The fourth-order valence-electron chi connectivity index (χ4n) is 1.79. The monoisotopic (exact) mass is 343 g/mol. The van der Waals surface area contributed by atoms with Gasteiger partial charge in [-0.15, -0.1) is 0 Å². The van der Waals surface area contributed by atoms with E-state index in [-0.39, 0.29) is 10.6 Å². The third-order valence-electron chi connectivity index (χ3n) is 2.98. The Hall–Kier alpha value is -2.35. The van der Waals surface area contributed by atoms with Gasteiger partial charge in [0.15, 0.2) is 9.84 Å². The van der Waals surface area contributed by atoms with Crippen molar-refractivity contribution >= 4 is 21.4 Å². The first-order valence-corrected chi connectivity index (χ1v) is 8.16. The quantitative estimate of drug-likeness (QED) is 0.849. The first-order valence-electron chi connectivity index (χ1n) is 6.51. The second kappa shape index (κ2) is 6.82. The number of rotatable bonds is 5. The fraction of sp³-hybridized carbons (Fsp3) is 0.133. The lowest BCUT2D eigenvalue weighted by atomic mass is 10.3. The zero-order chi connectivity index (χ0) is 17.0. The number of hydrogen-bond donors (Lipinski definition) is 1. The Labute approximate surface area is 130 Å². The Kier molecular flexibility index (Phi) is 5.05. The molecule has 0 heterocycles. The van der Waals surface area contributed by atoms with Gasteiger partial charge in [0, 0.05) is 12.5 Å². The van der Waals surface area contributed by atoms with Crippen LogP contribution in [0.1, 0.15) is 6.42 Å². The molecule has 8 heteroatoms. The molecule has 0 fully saturated rings. The summed E-state index contributed by atoms with van der Waals surface area (Å²) in [6, 6.07) is 6.81. The van der Waals surface area contributed by atoms with Crippen molar-refractivity contribution in [3.8, 4) is 0 Å². The Morgan fingerprint density at radius 3 is 2.17 bits per heavy atom. The highest BCUT2D eigenvalue weighted by Gasteiger charge is 2.17. The van der Waals surface area contributed by atoms with E-state index in [4.69, 9.17) is 0 Å². The molecule has 2 aromatic carbocycles. The molecular weight excluding hydrogens is 331 g/mol. The smallest absolute Gasteiger partial charge is 0.225 e. The number of hydrogen-bond acceptors (Lipinski definition) is 3. The normalized spacial score (nSPS) is 11.3. The predicted molar refractivity (Wildman–Crippen MR) is 78.1 cm³/mol. The van der Waals surface area contributed by atoms with E-state index in [1.54, 1.807) is 0 Å². The molecule has 0 aliphatic heterocycles. The Morgan fingerprint density at radius 1 is 0.957 bits per heavy atom. The highest BCUT2D eigenvalue weighted by molar-refractivity contribution is 7.91. The van der Waals surface area contributed by atoms with Crippen LogP contribution in [0.25, 0.3) is 0 Å². The van der Waals surface area contributed by atoms with E-state index in [1.165, 1.54) is 0 Å². The summed E-state index contributed by atoms with van der Waals surface area (Å²) < 4.78 is 62.9. The molecule has 0 aliphatic rings. The molecule has 0 aliphatic carbocycles. The van der Waals surface area contributed by atoms with Crippen LogP contribution in [0.15, 0.2) is 47.4 Å². The topological polar surface area (TPSA) is 63.2 Å². The molecule has 1 amide bonds. The van der Waals surface area contributed by atoms with E-state index >= 15 is 0 Å². The molecular formula is C15H12F3NO3S. The second-order valence-electron chi connectivity index (χ2n) is 4.70. The number of benzene rings is 2. The molecule has 0 aromatic heterocycles. The zero-order valence-corrected chi connectivity index (χ0v) is 12.5. The van der Waals surface area contributed by atoms with Crippen molar-refractivity contribution in [1.29, 1.82) is 0 Å². The van der Waals surface area contributed by atoms with Crippen LogP contribution in [0.4, 0.5) is 18.9 Å². The summed E-state index contributed by atoms with van der Waals surface area (Å²) in [5, 5.41) is 2.17. The molecule has 1 N–H and O–H groups in total. The lowest BCUT2D eigenvalue weighted by molar-refractivity contribution is -0.115. The first-order chi connectivity index (χ1) is 10.8. The molecule has 0 radical (unpaired) electrons. The zero-order valence-electron chi connectivity index (χ0n) is 11.7. The predicted octanol–water partition coefficient (Wildman–Crippen LogP) is 2.91. The molecule has 0 atom stereocenters. The molecule has 122 valence electrons. The van der Waals surface area contributed by atoms with Crippen LogP contribution in [-0.4, -0.2) is 20.1 Å². The van der Waals surface area contributed by atoms with Crippen molar-refractivity contribution in [3.05, 3.63) is 59.9 Å². The molecule has 2 rings (SSSR count). The average molecular weight is 343 g/mol. The summed E-state index contributed by atoms with van der Waals surface area (Å²) in [5.74, 6) is -3.58. The van der Waals surface area contributed by atoms with Crippen LogP contribution in [-0.2, 0) is 14.6 Å². The van der Waals surface area contributed by atoms with E-state index in [9.17, 15) is 26.4 Å². The maximum absolute atomic E-state index is 13.4. The maximum atomic E-state index is 13.4. The minimum atomic E-state index is -3.76. The van der Waals surface area contributed by atoms with Crippen LogP contribution < -0.4 is 5.32 Å². The van der Waals surface area contributed by atoms with Gasteiger partial charge in [0.2, 0.25) is 5.91 Å². The number of anilines is 1. The lowest BCUT2D eigenvalue weighted by Gasteiger charge is -2.07. The molecule has 0 unspecified atom stereocenters. The number of carbonyl (C=O) groups excluding carboxylic acids is 1. The summed E-state index contributed by atoms with van der Waals surface area (Å²) in [6.45, 7) is 0. The van der Waals surface area contributed by atoms with Crippen LogP contribution >= 0.6 is 0 Å². The van der Waals surface area contributed by atoms with Crippen molar-refractivity contribution in [2.24, 2.45) is 0 Å². The van der Waals surface area contributed by atoms with Gasteiger partial charge < -0.3 is 5.32 Å². The Bertz CT molecular complexity index is 820. The Balaban J connectivity index is 1.99. The molecule has 0 bridgehead atoms. The third-order valence-corrected chi connectivity index (χ3v) is 4.71. The van der Waals surface area contributed by atoms with E-state index in [1.807, 2.05) is 0 Å². The number of sulfone groups is 1. The van der Waals surface area contributed by atoms with Crippen molar-refractivity contribution in [2.75, 3.05) is 11.1 Å². The van der Waals surface area contributed by atoms with Crippen molar-refractivity contribution in [1.82, 2.24) is 0 Å². The van der Waals surface area contributed by atoms with Gasteiger partial charge in [0.1, 0.15) is 17.5 Å². The van der Waals surface area contributed by atoms with Crippen molar-refractivity contribution < 1.29 is 26.4 Å². The van der Waals surface area contributed by atoms with Gasteiger partial charge in [-0.25, -0.2) is 21.6 Å². The van der Waals surface area contributed by atoms with E-state index in [2.05, 4.69) is 5.32 Å². The molecule has 0 spiro atoms. The van der Waals surface area contributed by atoms with Crippen LogP contribution in [0, 0.1) is 17.5 Å². The van der Waals surface area contributed by atoms with Gasteiger partial charge >= 0.3 is 0 Å². The van der Waals surface area contributed by atoms with E-state index in [0.29, 0.717) is 6.07 Å². The van der Waals surface area contributed by atoms with E-state index < -0.39 is 45.4 Å². The third kappa shape index (κ3) is 4.56. The first kappa shape index (κ1) is 17.0. The molecule has 0 saturated carbocycles. The Morgan fingerprint density at radius 2 is 1.57 bits per heavy atom. The van der Waals surface area contributed by atoms with Gasteiger partial charge in [-0.3, -0.25) is 4.79 Å². The van der Waals surface area contributed by atoms with Crippen molar-refractivity contribution in [3.63, 3.8) is 0 Å². The average Bonchev–Trinajstić information content (AvgIpc) is 2.49. The maximum Gasteiger partial charge on any atom is 0.225 e. The minimum absolute atomic E-state index is 0.111. The SMILES string of the molecule is O=C(CCS(=O)(=O)c1ccc(F)cc1)Nc1ccc(F)cc1F. The van der Waals surface area contributed by atoms with Crippen LogP contribution in [0.5, 0.6) is 0 Å². The number of carbonyl (C=O) groups is 1. The summed E-state index contributed by atoms with van der Waals surface area (Å²) >= 11 is 0. The highest BCUT2D eigenvalue weighted by Crippen LogP contribution is 2.16. The molecule has 4 nitrogen and oxygen atoms in total. The summed E-state index contributed by atoms with van der Waals surface area (Å²) in [4.78, 5) is 11.6. The minimum Gasteiger partial charge on any atom is -0.324 e. The number of halogens is 3. The molecule has 2 aromatic rings. The van der Waals surface area contributed by atoms with Crippen LogP contribution in [0.3, 0.4) is 0 Å². The summed E-state index contributed by atoms with van der Waals surface area (Å²) in [5.41, 5.74) is -0.240. The van der Waals surface area contributed by atoms with Gasteiger partial charge in [-0.05, 0) is 36.4 Å². The van der Waals surface area contributed by atoms with Gasteiger partial charge in [0.25, 0.3) is 0 Å². The van der Waals surface area contributed by atoms with Gasteiger partial charge in [0.05, 0.1) is 16.3 Å². The highest BCUT2D eigenvalue weighted by atomic mass is 32.2. The number of nitrogens with one attached hydrogen (secondary N) is 1. The van der Waals surface area contributed by atoms with E-state index in [0.717, 1.165) is 36.4 Å². The van der Waals surface area contributed by atoms with Crippen molar-refractivity contribution in [2.45, 2.75) is 11.3 Å². The lowest BCUT2D eigenvalue weighted by Crippen LogP contribution is -2.18. The molecule has 23 heavy (non-hydrogen) atoms.